The third-order valence-electron chi connectivity index (χ3n) is 4.41. The Bertz CT molecular complexity index is 605. The van der Waals surface area contributed by atoms with E-state index >= 15 is 0 Å². The van der Waals surface area contributed by atoms with E-state index in [9.17, 15) is 0 Å². The van der Waals surface area contributed by atoms with E-state index in [2.05, 4.69) is 48.3 Å². The Morgan fingerprint density at radius 2 is 2.10 bits per heavy atom. The standard InChI is InChI=1S/C17H23N3O/c1-12-5-7-14(8-6-12)10-15-19-16(21-20-15)17(18)9-3-4-13(2)11-17/h5-8,13H,3-4,9-11,18H2,1-2H3. The molecule has 21 heavy (non-hydrogen) atoms. The predicted octanol–water partition coefficient (Wildman–Crippen LogP) is 3.33. The molecule has 0 amide bonds. The lowest BCUT2D eigenvalue weighted by atomic mass is 9.77. The van der Waals surface area contributed by atoms with Crippen LogP contribution in [0.3, 0.4) is 0 Å². The van der Waals surface area contributed by atoms with E-state index in [1.165, 1.54) is 17.5 Å². The highest BCUT2D eigenvalue weighted by Crippen LogP contribution is 2.36. The van der Waals surface area contributed by atoms with Crippen LogP contribution in [0.1, 0.15) is 55.4 Å². The molecule has 4 heteroatoms. The van der Waals surface area contributed by atoms with Gasteiger partial charge in [0.25, 0.3) is 0 Å². The Hall–Kier alpha value is -1.68. The number of nitrogens with two attached hydrogens (primary N) is 1. The number of aromatic nitrogens is 2. The van der Waals surface area contributed by atoms with E-state index in [4.69, 9.17) is 10.3 Å². The van der Waals surface area contributed by atoms with Crippen molar-refractivity contribution in [3.05, 3.63) is 47.1 Å². The molecule has 112 valence electrons. The SMILES string of the molecule is Cc1ccc(Cc2noc(C3(N)CCCC(C)C3)n2)cc1. The summed E-state index contributed by atoms with van der Waals surface area (Å²) in [6, 6.07) is 8.41. The fourth-order valence-corrected chi connectivity index (χ4v) is 3.20. The first-order valence-corrected chi connectivity index (χ1v) is 7.73. The van der Waals surface area contributed by atoms with Crippen molar-refractivity contribution in [3.8, 4) is 0 Å². The van der Waals surface area contributed by atoms with Gasteiger partial charge in [0, 0.05) is 6.42 Å². The summed E-state index contributed by atoms with van der Waals surface area (Å²) in [6.45, 7) is 4.32. The van der Waals surface area contributed by atoms with Gasteiger partial charge >= 0.3 is 0 Å². The van der Waals surface area contributed by atoms with Crippen molar-refractivity contribution in [2.45, 2.75) is 51.5 Å². The first-order valence-electron chi connectivity index (χ1n) is 7.73. The number of hydrogen-bond donors (Lipinski definition) is 1. The minimum atomic E-state index is -0.434. The summed E-state index contributed by atoms with van der Waals surface area (Å²) >= 11 is 0. The van der Waals surface area contributed by atoms with Crippen LogP contribution in [0, 0.1) is 12.8 Å². The van der Waals surface area contributed by atoms with Crippen molar-refractivity contribution >= 4 is 0 Å². The minimum Gasteiger partial charge on any atom is -0.337 e. The predicted molar refractivity (Wildman–Crippen MR) is 81.8 cm³/mol. The van der Waals surface area contributed by atoms with Gasteiger partial charge in [0.05, 0.1) is 5.54 Å². The average Bonchev–Trinajstić information content (AvgIpc) is 2.90. The molecule has 2 atom stereocenters. The van der Waals surface area contributed by atoms with Crippen LogP contribution in [0.5, 0.6) is 0 Å². The van der Waals surface area contributed by atoms with Crippen molar-refractivity contribution in [1.82, 2.24) is 10.1 Å². The van der Waals surface area contributed by atoms with Crippen molar-refractivity contribution < 1.29 is 4.52 Å². The molecule has 0 spiro atoms. The molecule has 1 saturated carbocycles. The van der Waals surface area contributed by atoms with Gasteiger partial charge in [-0.25, -0.2) is 0 Å². The van der Waals surface area contributed by atoms with Gasteiger partial charge in [-0.2, -0.15) is 4.98 Å². The first-order chi connectivity index (χ1) is 10.0. The molecule has 0 aliphatic heterocycles. The summed E-state index contributed by atoms with van der Waals surface area (Å²) in [7, 11) is 0. The van der Waals surface area contributed by atoms with Gasteiger partial charge in [-0.1, -0.05) is 54.8 Å². The Balaban J connectivity index is 1.75. The van der Waals surface area contributed by atoms with Crippen molar-refractivity contribution in [1.29, 1.82) is 0 Å². The highest BCUT2D eigenvalue weighted by molar-refractivity contribution is 5.23. The van der Waals surface area contributed by atoms with Crippen molar-refractivity contribution in [2.75, 3.05) is 0 Å². The zero-order chi connectivity index (χ0) is 14.9. The summed E-state index contributed by atoms with van der Waals surface area (Å²) in [5.74, 6) is 1.95. The summed E-state index contributed by atoms with van der Waals surface area (Å²) in [4.78, 5) is 4.56. The van der Waals surface area contributed by atoms with E-state index in [1.807, 2.05) is 0 Å². The zero-order valence-electron chi connectivity index (χ0n) is 12.8. The first kappa shape index (κ1) is 14.3. The molecular weight excluding hydrogens is 262 g/mol. The highest BCUT2D eigenvalue weighted by Gasteiger charge is 2.37. The van der Waals surface area contributed by atoms with E-state index in [-0.39, 0.29) is 0 Å². The Kier molecular flexibility index (Phi) is 3.81. The van der Waals surface area contributed by atoms with Crippen LogP contribution >= 0.6 is 0 Å². The zero-order valence-corrected chi connectivity index (χ0v) is 12.8. The van der Waals surface area contributed by atoms with Crippen molar-refractivity contribution in [3.63, 3.8) is 0 Å². The molecule has 0 saturated heterocycles. The van der Waals surface area contributed by atoms with Crippen LogP contribution in [0.25, 0.3) is 0 Å². The summed E-state index contributed by atoms with van der Waals surface area (Å²) in [5, 5.41) is 4.11. The van der Waals surface area contributed by atoms with Crippen LogP contribution < -0.4 is 5.73 Å². The molecule has 1 aliphatic rings. The quantitative estimate of drug-likeness (QED) is 0.939. The molecule has 1 heterocycles. The molecule has 2 unspecified atom stereocenters. The lowest BCUT2D eigenvalue weighted by molar-refractivity contribution is 0.183. The summed E-state index contributed by atoms with van der Waals surface area (Å²) in [5.41, 5.74) is 8.51. The summed E-state index contributed by atoms with van der Waals surface area (Å²) < 4.78 is 5.47. The Morgan fingerprint density at radius 3 is 2.81 bits per heavy atom. The number of hydrogen-bond acceptors (Lipinski definition) is 4. The Labute approximate surface area is 125 Å². The topological polar surface area (TPSA) is 64.9 Å². The largest absolute Gasteiger partial charge is 0.337 e. The molecule has 0 radical (unpaired) electrons. The molecular formula is C17H23N3O. The van der Waals surface area contributed by atoms with E-state index < -0.39 is 5.54 Å². The lowest BCUT2D eigenvalue weighted by Crippen LogP contribution is -2.41. The monoisotopic (exact) mass is 285 g/mol. The molecule has 0 bridgehead atoms. The Morgan fingerprint density at radius 1 is 1.33 bits per heavy atom. The maximum absolute atomic E-state index is 6.50. The van der Waals surface area contributed by atoms with Gasteiger partial charge in [0.15, 0.2) is 5.82 Å². The average molecular weight is 285 g/mol. The van der Waals surface area contributed by atoms with Gasteiger partial charge in [0.1, 0.15) is 0 Å². The van der Waals surface area contributed by atoms with Gasteiger partial charge in [-0.15, -0.1) is 0 Å². The lowest BCUT2D eigenvalue weighted by Gasteiger charge is -2.33. The molecule has 4 nitrogen and oxygen atoms in total. The maximum Gasteiger partial charge on any atom is 0.246 e. The van der Waals surface area contributed by atoms with Gasteiger partial charge in [-0.05, 0) is 31.2 Å². The van der Waals surface area contributed by atoms with Crippen LogP contribution in [0.2, 0.25) is 0 Å². The van der Waals surface area contributed by atoms with Crippen LogP contribution in [0.4, 0.5) is 0 Å². The molecule has 1 aliphatic carbocycles. The smallest absolute Gasteiger partial charge is 0.246 e. The van der Waals surface area contributed by atoms with Gasteiger partial charge in [0.2, 0.25) is 5.89 Å². The second-order valence-electron chi connectivity index (χ2n) is 6.54. The molecule has 3 rings (SSSR count). The van der Waals surface area contributed by atoms with Crippen LogP contribution in [-0.4, -0.2) is 10.1 Å². The second kappa shape index (κ2) is 5.60. The number of nitrogens with zero attached hydrogens (tertiary/aromatic N) is 2. The van der Waals surface area contributed by atoms with E-state index in [0.717, 1.165) is 25.1 Å². The maximum atomic E-state index is 6.50. The fourth-order valence-electron chi connectivity index (χ4n) is 3.20. The second-order valence-corrected chi connectivity index (χ2v) is 6.54. The number of rotatable bonds is 3. The normalized spacial score (nSPS) is 26.0. The van der Waals surface area contributed by atoms with E-state index in [0.29, 0.717) is 18.2 Å². The van der Waals surface area contributed by atoms with Gasteiger partial charge < -0.3 is 10.3 Å². The van der Waals surface area contributed by atoms with E-state index in [1.54, 1.807) is 0 Å². The third-order valence-corrected chi connectivity index (χ3v) is 4.41. The molecule has 1 aromatic heterocycles. The summed E-state index contributed by atoms with van der Waals surface area (Å²) in [6.07, 6.45) is 4.93. The number of benzene rings is 1. The number of aryl methyl sites for hydroxylation is 1. The molecule has 1 fully saturated rings. The minimum absolute atomic E-state index is 0.434. The van der Waals surface area contributed by atoms with Gasteiger partial charge in [-0.3, -0.25) is 0 Å². The van der Waals surface area contributed by atoms with Crippen molar-refractivity contribution in [2.24, 2.45) is 11.7 Å². The van der Waals surface area contributed by atoms with Crippen LogP contribution in [0.15, 0.2) is 28.8 Å². The fraction of sp³-hybridized carbons (Fsp3) is 0.529. The molecule has 2 N–H and O–H groups in total. The third kappa shape index (κ3) is 3.16. The molecule has 1 aromatic carbocycles. The van der Waals surface area contributed by atoms with Crippen LogP contribution in [-0.2, 0) is 12.0 Å². The molecule has 2 aromatic rings. The highest BCUT2D eigenvalue weighted by atomic mass is 16.5.